The second kappa shape index (κ2) is 6.49. The third kappa shape index (κ3) is 4.29. The van der Waals surface area contributed by atoms with Gasteiger partial charge in [0.05, 0.1) is 0 Å². The molecule has 3 heteroatoms. The zero-order valence-corrected chi connectivity index (χ0v) is 12.2. The number of hydrogen-bond acceptors (Lipinski definition) is 2. The molecule has 1 aliphatic heterocycles. The molecular weight excluding hydrogens is 239 g/mol. The normalized spacial score (nSPS) is 21.0. The lowest BCUT2D eigenvalue weighted by Gasteiger charge is -2.34. The molecule has 1 aliphatic rings. The summed E-state index contributed by atoms with van der Waals surface area (Å²) in [5.41, 5.74) is 2.30. The lowest BCUT2D eigenvalue weighted by molar-refractivity contribution is 0.179. The van der Waals surface area contributed by atoms with Crippen LogP contribution in [0.5, 0.6) is 0 Å². The minimum atomic E-state index is -0.130. The quantitative estimate of drug-likeness (QED) is 0.899. The van der Waals surface area contributed by atoms with Crippen LogP contribution >= 0.6 is 0 Å². The Hall–Kier alpha value is -0.930. The minimum Gasteiger partial charge on any atom is -0.311 e. The van der Waals surface area contributed by atoms with Crippen LogP contribution in [0.3, 0.4) is 0 Å². The maximum atomic E-state index is 13.3. The molecule has 0 bridgehead atoms. The van der Waals surface area contributed by atoms with E-state index in [-0.39, 0.29) is 5.82 Å². The van der Waals surface area contributed by atoms with Crippen molar-refractivity contribution in [2.75, 3.05) is 19.6 Å². The molecular formula is C16H25FN2. The molecule has 0 saturated carbocycles. The highest BCUT2D eigenvalue weighted by Crippen LogP contribution is 2.16. The van der Waals surface area contributed by atoms with Crippen LogP contribution in [-0.4, -0.2) is 30.6 Å². The zero-order valence-electron chi connectivity index (χ0n) is 12.2. The Morgan fingerprint density at radius 2 is 2.21 bits per heavy atom. The number of nitrogens with zero attached hydrogens (tertiary/aromatic N) is 1. The van der Waals surface area contributed by atoms with Crippen LogP contribution in [0, 0.1) is 18.7 Å². The summed E-state index contributed by atoms with van der Waals surface area (Å²) in [5, 5.41) is 3.58. The van der Waals surface area contributed by atoms with Crippen molar-refractivity contribution in [2.45, 2.75) is 39.8 Å². The molecule has 0 amide bonds. The molecule has 106 valence electrons. The summed E-state index contributed by atoms with van der Waals surface area (Å²) in [6.45, 7) is 10.6. The lowest BCUT2D eigenvalue weighted by atomic mass is 10.0. The van der Waals surface area contributed by atoms with Crippen molar-refractivity contribution >= 4 is 0 Å². The summed E-state index contributed by atoms with van der Waals surface area (Å²) >= 11 is 0. The standard InChI is InChI=1S/C16H25FN2/c1-12(2)8-16-11-19(7-6-18-16)10-14-9-15(17)5-4-13(14)3/h4-5,9,12,16,18H,6-8,10-11H2,1-3H3. The van der Waals surface area contributed by atoms with E-state index in [4.69, 9.17) is 0 Å². The van der Waals surface area contributed by atoms with E-state index in [0.29, 0.717) is 12.0 Å². The molecule has 1 aromatic rings. The van der Waals surface area contributed by atoms with Gasteiger partial charge in [-0.3, -0.25) is 4.90 Å². The maximum Gasteiger partial charge on any atom is 0.123 e. The number of hydrogen-bond donors (Lipinski definition) is 1. The van der Waals surface area contributed by atoms with Gasteiger partial charge in [-0.25, -0.2) is 4.39 Å². The highest BCUT2D eigenvalue weighted by Gasteiger charge is 2.20. The van der Waals surface area contributed by atoms with E-state index < -0.39 is 0 Å². The molecule has 2 nitrogen and oxygen atoms in total. The average Bonchev–Trinajstić information content (AvgIpc) is 2.33. The molecule has 1 N–H and O–H groups in total. The predicted octanol–water partition coefficient (Wildman–Crippen LogP) is 2.95. The second-order valence-corrected chi connectivity index (χ2v) is 6.09. The third-order valence-corrected chi connectivity index (χ3v) is 3.80. The summed E-state index contributed by atoms with van der Waals surface area (Å²) in [4.78, 5) is 2.44. The Morgan fingerprint density at radius 3 is 2.95 bits per heavy atom. The molecule has 19 heavy (non-hydrogen) atoms. The molecule has 0 aromatic heterocycles. The first-order chi connectivity index (χ1) is 9.04. The minimum absolute atomic E-state index is 0.130. The first-order valence-corrected chi connectivity index (χ1v) is 7.25. The van der Waals surface area contributed by atoms with E-state index in [9.17, 15) is 4.39 Å². The van der Waals surface area contributed by atoms with E-state index in [0.717, 1.165) is 31.7 Å². The fraction of sp³-hybridized carbons (Fsp3) is 0.625. The van der Waals surface area contributed by atoms with Crippen molar-refractivity contribution in [3.8, 4) is 0 Å². The Balaban J connectivity index is 1.96. The lowest BCUT2D eigenvalue weighted by Crippen LogP contribution is -2.50. The van der Waals surface area contributed by atoms with Gasteiger partial charge >= 0.3 is 0 Å². The molecule has 1 unspecified atom stereocenters. The van der Waals surface area contributed by atoms with Gasteiger partial charge in [0.15, 0.2) is 0 Å². The summed E-state index contributed by atoms with van der Waals surface area (Å²) in [5.74, 6) is 0.586. The Labute approximate surface area is 116 Å². The second-order valence-electron chi connectivity index (χ2n) is 6.09. The third-order valence-electron chi connectivity index (χ3n) is 3.80. The monoisotopic (exact) mass is 264 g/mol. The number of piperazine rings is 1. The van der Waals surface area contributed by atoms with Crippen molar-refractivity contribution in [1.82, 2.24) is 10.2 Å². The fourth-order valence-corrected chi connectivity index (χ4v) is 2.82. The van der Waals surface area contributed by atoms with E-state index in [2.05, 4.69) is 31.0 Å². The van der Waals surface area contributed by atoms with Gasteiger partial charge in [0, 0.05) is 32.2 Å². The van der Waals surface area contributed by atoms with Gasteiger partial charge in [0.2, 0.25) is 0 Å². The van der Waals surface area contributed by atoms with E-state index in [1.165, 1.54) is 18.1 Å². The Bertz CT molecular complexity index is 417. The van der Waals surface area contributed by atoms with Crippen LogP contribution in [0.15, 0.2) is 18.2 Å². The number of nitrogens with one attached hydrogen (secondary N) is 1. The van der Waals surface area contributed by atoms with Gasteiger partial charge in [0.1, 0.15) is 5.82 Å². The largest absolute Gasteiger partial charge is 0.311 e. The first-order valence-electron chi connectivity index (χ1n) is 7.25. The average molecular weight is 264 g/mol. The van der Waals surface area contributed by atoms with Gasteiger partial charge in [-0.05, 0) is 42.5 Å². The molecule has 2 rings (SSSR count). The van der Waals surface area contributed by atoms with Crippen molar-refractivity contribution in [1.29, 1.82) is 0 Å². The topological polar surface area (TPSA) is 15.3 Å². The molecule has 1 fully saturated rings. The summed E-state index contributed by atoms with van der Waals surface area (Å²) < 4.78 is 13.3. The van der Waals surface area contributed by atoms with Gasteiger partial charge in [0.25, 0.3) is 0 Å². The van der Waals surface area contributed by atoms with Gasteiger partial charge in [-0.1, -0.05) is 19.9 Å². The van der Waals surface area contributed by atoms with Crippen molar-refractivity contribution in [3.63, 3.8) is 0 Å². The van der Waals surface area contributed by atoms with Crippen LogP contribution in [0.4, 0.5) is 4.39 Å². The first kappa shape index (κ1) is 14.5. The van der Waals surface area contributed by atoms with Crippen LogP contribution in [0.25, 0.3) is 0 Å². The van der Waals surface area contributed by atoms with Crippen LogP contribution < -0.4 is 5.32 Å². The van der Waals surface area contributed by atoms with Crippen LogP contribution in [-0.2, 0) is 6.54 Å². The summed E-state index contributed by atoms with van der Waals surface area (Å²) in [7, 11) is 0. The molecule has 0 aliphatic carbocycles. The van der Waals surface area contributed by atoms with Gasteiger partial charge in [-0.2, -0.15) is 0 Å². The van der Waals surface area contributed by atoms with Crippen LogP contribution in [0.2, 0.25) is 0 Å². The van der Waals surface area contributed by atoms with E-state index in [1.54, 1.807) is 6.07 Å². The van der Waals surface area contributed by atoms with Crippen molar-refractivity contribution in [3.05, 3.63) is 35.1 Å². The highest BCUT2D eigenvalue weighted by molar-refractivity contribution is 5.26. The zero-order chi connectivity index (χ0) is 13.8. The Kier molecular flexibility index (Phi) is 4.94. The molecule has 1 atom stereocenters. The Morgan fingerprint density at radius 1 is 1.42 bits per heavy atom. The molecule has 1 heterocycles. The smallest absolute Gasteiger partial charge is 0.123 e. The molecule has 1 aromatic carbocycles. The molecule has 0 radical (unpaired) electrons. The molecule has 0 spiro atoms. The number of rotatable bonds is 4. The number of halogens is 1. The maximum absolute atomic E-state index is 13.3. The number of benzene rings is 1. The SMILES string of the molecule is Cc1ccc(F)cc1CN1CCNC(CC(C)C)C1. The highest BCUT2D eigenvalue weighted by atomic mass is 19.1. The van der Waals surface area contributed by atoms with Gasteiger partial charge in [-0.15, -0.1) is 0 Å². The molecule has 1 saturated heterocycles. The van der Waals surface area contributed by atoms with E-state index in [1.807, 2.05) is 6.07 Å². The summed E-state index contributed by atoms with van der Waals surface area (Å²) in [6.07, 6.45) is 1.21. The fourth-order valence-electron chi connectivity index (χ4n) is 2.82. The van der Waals surface area contributed by atoms with Gasteiger partial charge < -0.3 is 5.32 Å². The van der Waals surface area contributed by atoms with Crippen molar-refractivity contribution in [2.24, 2.45) is 5.92 Å². The van der Waals surface area contributed by atoms with Crippen LogP contribution in [0.1, 0.15) is 31.4 Å². The van der Waals surface area contributed by atoms with E-state index >= 15 is 0 Å². The number of aryl methyl sites for hydroxylation is 1. The van der Waals surface area contributed by atoms with Crippen molar-refractivity contribution < 1.29 is 4.39 Å². The summed E-state index contributed by atoms with van der Waals surface area (Å²) in [6, 6.07) is 5.66. The predicted molar refractivity (Wildman–Crippen MR) is 77.7 cm³/mol.